The predicted octanol–water partition coefficient (Wildman–Crippen LogP) is 5.10. The molecule has 3 aromatic carbocycles. The summed E-state index contributed by atoms with van der Waals surface area (Å²) >= 11 is 0. The monoisotopic (exact) mass is 428 g/mol. The fraction of sp³-hybridized carbons (Fsp3) is 0.192. The first kappa shape index (κ1) is 20.2. The Morgan fingerprint density at radius 3 is 2.41 bits per heavy atom. The summed E-state index contributed by atoms with van der Waals surface area (Å²) in [6.07, 6.45) is 0. The van der Waals surface area contributed by atoms with Gasteiger partial charge in [-0.25, -0.2) is 0 Å². The maximum absolute atomic E-state index is 13.1. The number of nitrogens with one attached hydrogen (secondary N) is 1. The molecule has 1 aromatic heterocycles. The summed E-state index contributed by atoms with van der Waals surface area (Å²) in [5.41, 5.74) is 3.22. The smallest absolute Gasteiger partial charge is 0.291 e. The highest BCUT2D eigenvalue weighted by molar-refractivity contribution is 6.06. The van der Waals surface area contributed by atoms with Crippen molar-refractivity contribution in [1.29, 1.82) is 0 Å². The van der Waals surface area contributed by atoms with E-state index in [-0.39, 0.29) is 18.3 Å². The van der Waals surface area contributed by atoms with Crippen molar-refractivity contribution in [2.45, 2.75) is 6.61 Å². The average molecular weight is 428 g/mol. The van der Waals surface area contributed by atoms with Gasteiger partial charge in [-0.1, -0.05) is 36.4 Å². The predicted molar refractivity (Wildman–Crippen MR) is 124 cm³/mol. The van der Waals surface area contributed by atoms with E-state index in [9.17, 15) is 4.79 Å². The van der Waals surface area contributed by atoms with Gasteiger partial charge in [-0.2, -0.15) is 0 Å². The van der Waals surface area contributed by atoms with Crippen LogP contribution in [0.3, 0.4) is 0 Å². The second kappa shape index (κ2) is 9.16. The molecule has 1 saturated heterocycles. The van der Waals surface area contributed by atoms with E-state index < -0.39 is 0 Å². The van der Waals surface area contributed by atoms with Gasteiger partial charge in [0.15, 0.2) is 5.76 Å². The van der Waals surface area contributed by atoms with Crippen LogP contribution in [-0.2, 0) is 11.3 Å². The molecule has 162 valence electrons. The van der Waals surface area contributed by atoms with Crippen LogP contribution in [-0.4, -0.2) is 32.2 Å². The fourth-order valence-corrected chi connectivity index (χ4v) is 3.86. The lowest BCUT2D eigenvalue weighted by Gasteiger charge is -2.28. The van der Waals surface area contributed by atoms with Crippen LogP contribution in [0.4, 0.5) is 11.4 Å². The van der Waals surface area contributed by atoms with Crippen molar-refractivity contribution >= 4 is 28.3 Å². The number of fused-ring (bicyclic) bond motifs is 1. The lowest BCUT2D eigenvalue weighted by atomic mass is 10.1. The van der Waals surface area contributed by atoms with Gasteiger partial charge in [-0.15, -0.1) is 0 Å². The zero-order valence-electron chi connectivity index (χ0n) is 17.6. The maximum Gasteiger partial charge on any atom is 0.291 e. The first-order chi connectivity index (χ1) is 15.8. The number of amides is 1. The lowest BCUT2D eigenvalue weighted by Crippen LogP contribution is -2.36. The number of morpholine rings is 1. The molecule has 0 bridgehead atoms. The van der Waals surface area contributed by atoms with Gasteiger partial charge >= 0.3 is 0 Å². The van der Waals surface area contributed by atoms with E-state index in [0.29, 0.717) is 11.3 Å². The minimum atomic E-state index is -0.299. The molecule has 0 saturated carbocycles. The Labute approximate surface area is 186 Å². The van der Waals surface area contributed by atoms with Gasteiger partial charge in [-0.05, 0) is 42.5 Å². The molecule has 0 spiro atoms. The van der Waals surface area contributed by atoms with Gasteiger partial charge in [0.25, 0.3) is 5.91 Å². The molecule has 1 N–H and O–H groups in total. The van der Waals surface area contributed by atoms with Crippen molar-refractivity contribution in [3.63, 3.8) is 0 Å². The summed E-state index contributed by atoms with van der Waals surface area (Å²) in [5, 5.41) is 3.83. The van der Waals surface area contributed by atoms with E-state index in [1.807, 2.05) is 78.9 Å². The summed E-state index contributed by atoms with van der Waals surface area (Å²) in [7, 11) is 0. The van der Waals surface area contributed by atoms with Crippen molar-refractivity contribution < 1.29 is 18.7 Å². The van der Waals surface area contributed by atoms with Crippen molar-refractivity contribution in [2.75, 3.05) is 36.5 Å². The maximum atomic E-state index is 13.1. The van der Waals surface area contributed by atoms with Gasteiger partial charge in [0.2, 0.25) is 0 Å². The van der Waals surface area contributed by atoms with Gasteiger partial charge < -0.3 is 24.1 Å². The number of nitrogens with zero attached hydrogens (tertiary/aromatic N) is 1. The minimum absolute atomic E-state index is 0.236. The van der Waals surface area contributed by atoms with E-state index in [0.717, 1.165) is 48.7 Å². The minimum Gasteiger partial charge on any atom is -0.489 e. The number of benzene rings is 3. The number of furan rings is 1. The molecule has 4 aromatic rings. The second-order valence-corrected chi connectivity index (χ2v) is 7.61. The van der Waals surface area contributed by atoms with Crippen LogP contribution < -0.4 is 15.0 Å². The van der Waals surface area contributed by atoms with Crippen LogP contribution in [0.25, 0.3) is 11.0 Å². The van der Waals surface area contributed by atoms with Crippen LogP contribution in [0.2, 0.25) is 0 Å². The number of ether oxygens (including phenoxy) is 2. The highest BCUT2D eigenvalue weighted by Gasteiger charge is 2.21. The van der Waals surface area contributed by atoms with Gasteiger partial charge in [0.05, 0.1) is 13.2 Å². The first-order valence-electron chi connectivity index (χ1n) is 10.7. The summed E-state index contributed by atoms with van der Waals surface area (Å²) < 4.78 is 17.3. The largest absolute Gasteiger partial charge is 0.489 e. The van der Waals surface area contributed by atoms with E-state index >= 15 is 0 Å². The SMILES string of the molecule is O=C(Nc1ccc(N2CCOCC2)cc1)c1oc2ccccc2c1COc1ccccc1. The van der Waals surface area contributed by atoms with E-state index in [4.69, 9.17) is 13.9 Å². The van der Waals surface area contributed by atoms with Gasteiger partial charge in [0.1, 0.15) is 17.9 Å². The van der Waals surface area contributed by atoms with Crippen molar-refractivity contribution in [3.8, 4) is 5.75 Å². The van der Waals surface area contributed by atoms with Crippen LogP contribution in [0.1, 0.15) is 16.1 Å². The molecule has 6 nitrogen and oxygen atoms in total. The van der Waals surface area contributed by atoms with Gasteiger partial charge in [-0.3, -0.25) is 4.79 Å². The Balaban J connectivity index is 1.35. The molecule has 0 aliphatic carbocycles. The number of carbonyl (C=O) groups is 1. The van der Waals surface area contributed by atoms with Crippen LogP contribution in [0.5, 0.6) is 5.75 Å². The second-order valence-electron chi connectivity index (χ2n) is 7.61. The molecule has 0 unspecified atom stereocenters. The van der Waals surface area contributed by atoms with Crippen molar-refractivity contribution in [2.24, 2.45) is 0 Å². The fourth-order valence-electron chi connectivity index (χ4n) is 3.86. The van der Waals surface area contributed by atoms with Crippen molar-refractivity contribution in [3.05, 3.63) is 90.2 Å². The summed E-state index contributed by atoms with van der Waals surface area (Å²) in [6.45, 7) is 3.45. The molecule has 0 atom stereocenters. The summed E-state index contributed by atoms with van der Waals surface area (Å²) in [6, 6.07) is 25.0. The van der Waals surface area contributed by atoms with E-state index in [1.165, 1.54) is 0 Å². The number of hydrogen-bond acceptors (Lipinski definition) is 5. The molecule has 1 amide bonds. The molecule has 2 heterocycles. The quantitative estimate of drug-likeness (QED) is 0.463. The van der Waals surface area contributed by atoms with E-state index in [1.54, 1.807) is 0 Å². The Bertz CT molecular complexity index is 1200. The summed E-state index contributed by atoms with van der Waals surface area (Å²) in [4.78, 5) is 15.4. The number of para-hydroxylation sites is 2. The zero-order valence-corrected chi connectivity index (χ0v) is 17.6. The third kappa shape index (κ3) is 4.31. The first-order valence-corrected chi connectivity index (χ1v) is 10.7. The lowest BCUT2D eigenvalue weighted by molar-refractivity contribution is 0.0995. The zero-order chi connectivity index (χ0) is 21.8. The topological polar surface area (TPSA) is 63.9 Å². The third-order valence-corrected chi connectivity index (χ3v) is 5.53. The number of hydrogen-bond donors (Lipinski definition) is 1. The molecule has 5 rings (SSSR count). The highest BCUT2D eigenvalue weighted by Crippen LogP contribution is 2.28. The molecule has 32 heavy (non-hydrogen) atoms. The van der Waals surface area contributed by atoms with Crippen LogP contribution >= 0.6 is 0 Å². The normalized spacial score (nSPS) is 13.8. The molecule has 6 heteroatoms. The molecule has 0 radical (unpaired) electrons. The molecule has 1 aliphatic heterocycles. The molecule has 1 fully saturated rings. The Kier molecular flexibility index (Phi) is 5.77. The third-order valence-electron chi connectivity index (χ3n) is 5.53. The number of rotatable bonds is 6. The number of anilines is 2. The summed E-state index contributed by atoms with van der Waals surface area (Å²) in [5.74, 6) is 0.703. The Morgan fingerprint density at radius 1 is 0.906 bits per heavy atom. The van der Waals surface area contributed by atoms with Crippen molar-refractivity contribution in [1.82, 2.24) is 0 Å². The number of carbonyl (C=O) groups excluding carboxylic acids is 1. The standard InChI is InChI=1S/C26H24N2O4/c29-26(27-19-10-12-20(13-11-19)28-14-16-30-17-15-28)25-23(18-31-21-6-2-1-3-7-21)22-8-4-5-9-24(22)32-25/h1-13H,14-18H2,(H,27,29). The highest BCUT2D eigenvalue weighted by atomic mass is 16.5. The average Bonchev–Trinajstić information content (AvgIpc) is 3.23. The molecular weight excluding hydrogens is 404 g/mol. The molecular formula is C26H24N2O4. The Hall–Kier alpha value is -3.77. The van der Waals surface area contributed by atoms with Crippen LogP contribution in [0, 0.1) is 0 Å². The van der Waals surface area contributed by atoms with Crippen LogP contribution in [0.15, 0.2) is 83.3 Å². The van der Waals surface area contributed by atoms with E-state index in [2.05, 4.69) is 10.2 Å². The Morgan fingerprint density at radius 2 is 1.62 bits per heavy atom. The van der Waals surface area contributed by atoms with Gasteiger partial charge in [0, 0.05) is 35.4 Å². The molecule has 1 aliphatic rings.